The number of hydrogen-bond acceptors (Lipinski definition) is 2. The number of piperidine rings is 1. The van der Waals surface area contributed by atoms with E-state index in [-0.39, 0.29) is 6.04 Å². The Morgan fingerprint density at radius 3 is 2.27 bits per heavy atom. The van der Waals surface area contributed by atoms with Gasteiger partial charge in [0, 0.05) is 6.54 Å². The van der Waals surface area contributed by atoms with Crippen LogP contribution in [0.1, 0.15) is 37.4 Å². The minimum Gasteiger partial charge on any atom is -0.207 e. The number of allylic oxidation sites excluding steroid dienone is 1. The van der Waals surface area contributed by atoms with Gasteiger partial charge < -0.3 is 0 Å². The molecule has 0 spiro atoms. The van der Waals surface area contributed by atoms with Crippen molar-refractivity contribution >= 4 is 10.0 Å². The predicted octanol–water partition coefficient (Wildman–Crippen LogP) is 4.71. The zero-order valence-electron chi connectivity index (χ0n) is 15.5. The lowest BCUT2D eigenvalue weighted by atomic mass is 9.88. The number of fused-ring (bicyclic) bond motifs is 1. The number of nitrogens with zero attached hydrogens (tertiary/aromatic N) is 1. The Morgan fingerprint density at radius 1 is 1.00 bits per heavy atom. The lowest BCUT2D eigenvalue weighted by Gasteiger charge is -2.37. The zero-order valence-corrected chi connectivity index (χ0v) is 16.3. The van der Waals surface area contributed by atoms with E-state index in [0.717, 1.165) is 17.5 Å². The molecule has 2 fully saturated rings. The van der Waals surface area contributed by atoms with Crippen molar-refractivity contribution in [2.24, 2.45) is 11.8 Å². The molecule has 0 amide bonds. The highest BCUT2D eigenvalue weighted by Crippen LogP contribution is 2.56. The molecule has 3 nitrogen and oxygen atoms in total. The van der Waals surface area contributed by atoms with Gasteiger partial charge in [0.1, 0.15) is 0 Å². The molecule has 0 radical (unpaired) electrons. The van der Waals surface area contributed by atoms with E-state index in [9.17, 15) is 8.42 Å². The number of hydrogen-bond donors (Lipinski definition) is 0. The fourth-order valence-corrected chi connectivity index (χ4v) is 5.88. The second kappa shape index (κ2) is 6.36. The summed E-state index contributed by atoms with van der Waals surface area (Å²) in [6.45, 7) is 6.81. The lowest BCUT2D eigenvalue weighted by molar-refractivity contribution is 0.301. The van der Waals surface area contributed by atoms with Crippen molar-refractivity contribution < 1.29 is 8.42 Å². The van der Waals surface area contributed by atoms with Crippen molar-refractivity contribution in [2.45, 2.75) is 38.1 Å². The molecule has 2 aromatic carbocycles. The first-order chi connectivity index (χ1) is 12.4. The van der Waals surface area contributed by atoms with E-state index in [1.54, 1.807) is 16.4 Å². The van der Waals surface area contributed by atoms with Crippen LogP contribution in [0.25, 0.3) is 0 Å². The minimum absolute atomic E-state index is 0.198. The molecule has 4 rings (SSSR count). The molecule has 136 valence electrons. The molecule has 0 bridgehead atoms. The van der Waals surface area contributed by atoms with Crippen molar-refractivity contribution in [3.8, 4) is 0 Å². The maximum atomic E-state index is 13.5. The van der Waals surface area contributed by atoms with Crippen molar-refractivity contribution in [3.63, 3.8) is 0 Å². The van der Waals surface area contributed by atoms with Gasteiger partial charge >= 0.3 is 0 Å². The van der Waals surface area contributed by atoms with Crippen LogP contribution >= 0.6 is 0 Å². The third-order valence-corrected chi connectivity index (χ3v) is 7.48. The molecule has 1 heterocycles. The largest absolute Gasteiger partial charge is 0.243 e. The third kappa shape index (κ3) is 2.91. The second-order valence-electron chi connectivity index (χ2n) is 7.76. The Labute approximate surface area is 156 Å². The van der Waals surface area contributed by atoms with Gasteiger partial charge in [-0.3, -0.25) is 0 Å². The topological polar surface area (TPSA) is 37.4 Å². The maximum Gasteiger partial charge on any atom is 0.243 e. The van der Waals surface area contributed by atoms with E-state index >= 15 is 0 Å². The smallest absolute Gasteiger partial charge is 0.207 e. The Bertz CT molecular complexity index is 941. The van der Waals surface area contributed by atoms with E-state index in [1.807, 2.05) is 49.4 Å². The first-order valence-electron chi connectivity index (χ1n) is 9.20. The van der Waals surface area contributed by atoms with Gasteiger partial charge in [0.2, 0.25) is 10.0 Å². The van der Waals surface area contributed by atoms with E-state index in [4.69, 9.17) is 0 Å². The summed E-state index contributed by atoms with van der Waals surface area (Å²) in [5.74, 6) is 0.995. The molecule has 1 aliphatic carbocycles. The van der Waals surface area contributed by atoms with Crippen LogP contribution in [0.2, 0.25) is 0 Å². The summed E-state index contributed by atoms with van der Waals surface area (Å²) in [7, 11) is -3.55. The summed E-state index contributed by atoms with van der Waals surface area (Å²) in [5.41, 5.74) is 4.66. The molecule has 0 N–H and O–H groups in total. The monoisotopic (exact) mass is 367 g/mol. The van der Waals surface area contributed by atoms with Gasteiger partial charge in [-0.25, -0.2) is 8.42 Å². The van der Waals surface area contributed by atoms with Gasteiger partial charge in [0.05, 0.1) is 10.9 Å². The minimum atomic E-state index is -3.55. The molecular formula is C22H25NO2S. The number of benzene rings is 2. The number of sulfonamides is 1. The fourth-order valence-electron chi connectivity index (χ4n) is 4.23. The molecule has 1 saturated carbocycles. The zero-order chi connectivity index (χ0) is 18.5. The van der Waals surface area contributed by atoms with Crippen molar-refractivity contribution in [1.29, 1.82) is 0 Å². The summed E-state index contributed by atoms with van der Waals surface area (Å²) in [6, 6.07) is 17.1. The number of rotatable bonds is 3. The van der Waals surface area contributed by atoms with Crippen LogP contribution in [-0.2, 0) is 10.0 Å². The van der Waals surface area contributed by atoms with E-state index in [0.29, 0.717) is 23.3 Å². The molecule has 2 aliphatic rings. The fraction of sp³-hybridized carbons (Fsp3) is 0.364. The van der Waals surface area contributed by atoms with Crippen molar-refractivity contribution in [3.05, 3.63) is 76.9 Å². The molecule has 4 heteroatoms. The van der Waals surface area contributed by atoms with Crippen LogP contribution in [0.3, 0.4) is 0 Å². The summed E-state index contributed by atoms with van der Waals surface area (Å²) < 4.78 is 28.8. The molecule has 2 aromatic rings. The molecule has 1 aliphatic heterocycles. The first kappa shape index (κ1) is 17.5. The standard InChI is InChI=1S/C22H25NO2S/c1-15(2)21-20-13-18(20)14-23(22(21)17-7-5-4-6-8-17)26(24,25)19-11-9-16(3)10-12-19/h4-12,18,20,22H,13-14H2,1-3H3/t18-,20-,22+/m1/s1. The van der Waals surface area contributed by atoms with Gasteiger partial charge in [0.25, 0.3) is 0 Å². The van der Waals surface area contributed by atoms with Gasteiger partial charge in [0.15, 0.2) is 0 Å². The van der Waals surface area contributed by atoms with Gasteiger partial charge in [-0.05, 0) is 62.3 Å². The molecule has 0 aromatic heterocycles. The molecular weight excluding hydrogens is 342 g/mol. The Balaban J connectivity index is 1.85. The van der Waals surface area contributed by atoms with Crippen LogP contribution in [0.4, 0.5) is 0 Å². The van der Waals surface area contributed by atoms with Crippen molar-refractivity contribution in [1.82, 2.24) is 4.31 Å². The van der Waals surface area contributed by atoms with E-state index in [2.05, 4.69) is 13.8 Å². The highest BCUT2D eigenvalue weighted by Gasteiger charge is 2.53. The van der Waals surface area contributed by atoms with Crippen LogP contribution in [0.15, 0.2) is 70.6 Å². The van der Waals surface area contributed by atoms with E-state index in [1.165, 1.54) is 11.1 Å². The quantitative estimate of drug-likeness (QED) is 0.737. The van der Waals surface area contributed by atoms with Crippen LogP contribution in [0, 0.1) is 18.8 Å². The first-order valence-corrected chi connectivity index (χ1v) is 10.6. The highest BCUT2D eigenvalue weighted by atomic mass is 32.2. The highest BCUT2D eigenvalue weighted by molar-refractivity contribution is 7.89. The van der Waals surface area contributed by atoms with Crippen molar-refractivity contribution in [2.75, 3.05) is 6.54 Å². The molecule has 3 atom stereocenters. The predicted molar refractivity (Wildman–Crippen MR) is 104 cm³/mol. The Hall–Kier alpha value is -1.91. The summed E-state index contributed by atoms with van der Waals surface area (Å²) >= 11 is 0. The summed E-state index contributed by atoms with van der Waals surface area (Å²) in [6.07, 6.45) is 1.10. The van der Waals surface area contributed by atoms with Gasteiger partial charge in [-0.2, -0.15) is 4.31 Å². The van der Waals surface area contributed by atoms with Gasteiger partial charge in [-0.1, -0.05) is 53.6 Å². The Kier molecular flexibility index (Phi) is 4.28. The Morgan fingerprint density at radius 2 is 1.65 bits per heavy atom. The van der Waals surface area contributed by atoms with Gasteiger partial charge in [-0.15, -0.1) is 0 Å². The third-order valence-electron chi connectivity index (χ3n) is 5.64. The second-order valence-corrected chi connectivity index (χ2v) is 9.65. The van der Waals surface area contributed by atoms with Crippen LogP contribution < -0.4 is 0 Å². The van der Waals surface area contributed by atoms with E-state index < -0.39 is 10.0 Å². The molecule has 0 unspecified atom stereocenters. The van der Waals surface area contributed by atoms with Crippen LogP contribution in [0.5, 0.6) is 0 Å². The summed E-state index contributed by atoms with van der Waals surface area (Å²) in [4.78, 5) is 0.385. The normalized spacial score (nSPS) is 25.7. The molecule has 26 heavy (non-hydrogen) atoms. The van der Waals surface area contributed by atoms with Crippen LogP contribution in [-0.4, -0.2) is 19.3 Å². The lowest BCUT2D eigenvalue weighted by Crippen LogP contribution is -2.41. The summed E-state index contributed by atoms with van der Waals surface area (Å²) in [5, 5.41) is 0. The maximum absolute atomic E-state index is 13.5. The SMILES string of the molecule is CC(C)=C1[C@H](c2ccccc2)N(S(=O)(=O)c2ccc(C)cc2)C[C@H]2C[C@@H]12. The average Bonchev–Trinajstić information content (AvgIpc) is 3.40. The number of aryl methyl sites for hydroxylation is 1. The molecule has 1 saturated heterocycles. The average molecular weight is 368 g/mol.